The van der Waals surface area contributed by atoms with E-state index in [-0.39, 0.29) is 17.7 Å². The number of methoxy groups -OCH3 is 1. The second kappa shape index (κ2) is 7.18. The third kappa shape index (κ3) is 3.58. The van der Waals surface area contributed by atoms with Crippen LogP contribution >= 0.6 is 0 Å². The minimum absolute atomic E-state index is 0.312. The van der Waals surface area contributed by atoms with E-state index in [1.165, 1.54) is 25.3 Å². The van der Waals surface area contributed by atoms with Crippen molar-refractivity contribution in [1.29, 1.82) is 0 Å². The molecule has 4 heteroatoms. The van der Waals surface area contributed by atoms with Gasteiger partial charge in [0.25, 0.3) is 0 Å². The van der Waals surface area contributed by atoms with Gasteiger partial charge in [-0.3, -0.25) is 0 Å². The van der Waals surface area contributed by atoms with Gasteiger partial charge < -0.3 is 10.1 Å². The first-order chi connectivity index (χ1) is 10.2. The number of hydrogen-bond acceptors (Lipinski definition) is 2. The van der Waals surface area contributed by atoms with Crippen molar-refractivity contribution < 1.29 is 13.5 Å². The predicted octanol–water partition coefficient (Wildman–Crippen LogP) is 4.06. The van der Waals surface area contributed by atoms with Gasteiger partial charge in [-0.05, 0) is 42.8 Å². The topological polar surface area (TPSA) is 21.3 Å². The molecular formula is C17H19F2NO. The molecule has 0 bridgehead atoms. The molecular weight excluding hydrogens is 272 g/mol. The number of rotatable bonds is 6. The lowest BCUT2D eigenvalue weighted by Gasteiger charge is -2.22. The molecule has 0 aliphatic rings. The van der Waals surface area contributed by atoms with Gasteiger partial charge in [0.15, 0.2) is 0 Å². The Morgan fingerprint density at radius 2 is 1.81 bits per heavy atom. The summed E-state index contributed by atoms with van der Waals surface area (Å²) in [5, 5.41) is 3.29. The van der Waals surface area contributed by atoms with Crippen LogP contribution in [0.1, 0.15) is 30.5 Å². The molecule has 0 saturated carbocycles. The molecule has 0 aromatic heterocycles. The van der Waals surface area contributed by atoms with E-state index in [2.05, 4.69) is 5.32 Å². The van der Waals surface area contributed by atoms with Gasteiger partial charge in [0.05, 0.1) is 18.7 Å². The maximum atomic E-state index is 14.3. The highest BCUT2D eigenvalue weighted by molar-refractivity contribution is 5.42. The molecule has 1 N–H and O–H groups in total. The highest BCUT2D eigenvalue weighted by atomic mass is 19.1. The van der Waals surface area contributed by atoms with Crippen LogP contribution in [0.4, 0.5) is 8.78 Å². The van der Waals surface area contributed by atoms with E-state index in [4.69, 9.17) is 4.74 Å². The molecule has 0 spiro atoms. The van der Waals surface area contributed by atoms with E-state index < -0.39 is 0 Å². The number of ether oxygens (including phenoxy) is 1. The smallest absolute Gasteiger partial charge is 0.132 e. The zero-order valence-electron chi connectivity index (χ0n) is 12.2. The molecule has 1 atom stereocenters. The summed E-state index contributed by atoms with van der Waals surface area (Å²) in [5.74, 6) is -0.173. The first-order valence-electron chi connectivity index (χ1n) is 6.98. The number of halogens is 2. The fourth-order valence-corrected chi connectivity index (χ4v) is 2.31. The summed E-state index contributed by atoms with van der Waals surface area (Å²) in [7, 11) is 1.51. The van der Waals surface area contributed by atoms with Crippen molar-refractivity contribution >= 4 is 0 Å². The zero-order chi connectivity index (χ0) is 15.2. The summed E-state index contributed by atoms with van der Waals surface area (Å²) in [5.41, 5.74) is 1.24. The fraction of sp³-hybridized carbons (Fsp3) is 0.294. The van der Waals surface area contributed by atoms with E-state index >= 15 is 0 Å². The molecule has 2 aromatic carbocycles. The minimum atomic E-state index is -0.373. The maximum Gasteiger partial charge on any atom is 0.132 e. The van der Waals surface area contributed by atoms with Crippen molar-refractivity contribution in [1.82, 2.24) is 5.32 Å². The molecule has 0 radical (unpaired) electrons. The molecule has 0 aliphatic carbocycles. The molecule has 2 aromatic rings. The third-order valence-corrected chi connectivity index (χ3v) is 3.32. The minimum Gasteiger partial charge on any atom is -0.496 e. The van der Waals surface area contributed by atoms with Crippen LogP contribution < -0.4 is 10.1 Å². The van der Waals surface area contributed by atoms with Gasteiger partial charge in [0.2, 0.25) is 0 Å². The van der Waals surface area contributed by atoms with Crippen LogP contribution in [0.5, 0.6) is 5.75 Å². The molecule has 112 valence electrons. The van der Waals surface area contributed by atoms with Crippen molar-refractivity contribution in [2.24, 2.45) is 0 Å². The lowest BCUT2D eigenvalue weighted by atomic mass is 9.97. The molecule has 21 heavy (non-hydrogen) atoms. The second-order valence-electron chi connectivity index (χ2n) is 4.79. The SMILES string of the molecule is CCCNC(c1ccc(F)cc1)c1c(F)cccc1OC. The highest BCUT2D eigenvalue weighted by Gasteiger charge is 2.21. The summed E-state index contributed by atoms with van der Waals surface area (Å²) in [6.45, 7) is 2.76. The van der Waals surface area contributed by atoms with Crippen LogP contribution in [0.25, 0.3) is 0 Å². The number of hydrogen-bond donors (Lipinski definition) is 1. The first kappa shape index (κ1) is 15.4. The first-order valence-corrected chi connectivity index (χ1v) is 6.98. The Balaban J connectivity index is 2.47. The van der Waals surface area contributed by atoms with Crippen LogP contribution in [0.2, 0.25) is 0 Å². The van der Waals surface area contributed by atoms with Gasteiger partial charge in [-0.15, -0.1) is 0 Å². The Kier molecular flexibility index (Phi) is 5.28. The molecule has 0 aliphatic heterocycles. The quantitative estimate of drug-likeness (QED) is 0.866. The van der Waals surface area contributed by atoms with Gasteiger partial charge in [0, 0.05) is 0 Å². The zero-order valence-corrected chi connectivity index (χ0v) is 12.2. The predicted molar refractivity (Wildman–Crippen MR) is 79.5 cm³/mol. The fourth-order valence-electron chi connectivity index (χ4n) is 2.31. The lowest BCUT2D eigenvalue weighted by Crippen LogP contribution is -2.24. The Hall–Kier alpha value is -1.94. The highest BCUT2D eigenvalue weighted by Crippen LogP contribution is 2.32. The number of benzene rings is 2. The summed E-state index contributed by atoms with van der Waals surface area (Å²) in [4.78, 5) is 0. The van der Waals surface area contributed by atoms with E-state index in [1.54, 1.807) is 24.3 Å². The van der Waals surface area contributed by atoms with Crippen LogP contribution in [-0.4, -0.2) is 13.7 Å². The van der Waals surface area contributed by atoms with Crippen molar-refractivity contribution in [2.75, 3.05) is 13.7 Å². The summed E-state index contributed by atoms with van der Waals surface area (Å²) in [6.07, 6.45) is 0.911. The van der Waals surface area contributed by atoms with Crippen LogP contribution in [0, 0.1) is 11.6 Å². The molecule has 0 saturated heterocycles. The Labute approximate surface area is 123 Å². The molecule has 1 unspecified atom stereocenters. The average molecular weight is 291 g/mol. The van der Waals surface area contributed by atoms with Gasteiger partial charge in [-0.1, -0.05) is 25.1 Å². The van der Waals surface area contributed by atoms with Gasteiger partial charge in [-0.2, -0.15) is 0 Å². The van der Waals surface area contributed by atoms with Crippen molar-refractivity contribution in [3.63, 3.8) is 0 Å². The summed E-state index contributed by atoms with van der Waals surface area (Å²) < 4.78 is 32.7. The average Bonchev–Trinajstić information content (AvgIpc) is 2.50. The van der Waals surface area contributed by atoms with Crippen molar-refractivity contribution in [3.05, 3.63) is 65.2 Å². The standard InChI is InChI=1S/C17H19F2NO/c1-3-11-20-17(12-7-9-13(18)10-8-12)16-14(19)5-4-6-15(16)21-2/h4-10,17,20H,3,11H2,1-2H3. The van der Waals surface area contributed by atoms with Crippen molar-refractivity contribution in [3.8, 4) is 5.75 Å². The largest absolute Gasteiger partial charge is 0.496 e. The van der Waals surface area contributed by atoms with Crippen LogP contribution in [0.3, 0.4) is 0 Å². The normalized spacial score (nSPS) is 12.2. The van der Waals surface area contributed by atoms with E-state index in [0.717, 1.165) is 18.5 Å². The Morgan fingerprint density at radius 1 is 1.10 bits per heavy atom. The van der Waals surface area contributed by atoms with Gasteiger partial charge >= 0.3 is 0 Å². The molecule has 2 nitrogen and oxygen atoms in total. The Morgan fingerprint density at radius 3 is 2.43 bits per heavy atom. The van der Waals surface area contributed by atoms with Gasteiger partial charge in [-0.25, -0.2) is 8.78 Å². The molecule has 0 fully saturated rings. The summed E-state index contributed by atoms with van der Waals surface area (Å²) >= 11 is 0. The maximum absolute atomic E-state index is 14.3. The Bertz CT molecular complexity index is 584. The monoisotopic (exact) mass is 291 g/mol. The van der Waals surface area contributed by atoms with Crippen LogP contribution in [0.15, 0.2) is 42.5 Å². The third-order valence-electron chi connectivity index (χ3n) is 3.32. The number of nitrogens with one attached hydrogen (secondary N) is 1. The molecule has 0 heterocycles. The van der Waals surface area contributed by atoms with Crippen molar-refractivity contribution in [2.45, 2.75) is 19.4 Å². The molecule has 2 rings (SSSR count). The van der Waals surface area contributed by atoms with E-state index in [0.29, 0.717) is 11.3 Å². The molecule has 0 amide bonds. The van der Waals surface area contributed by atoms with E-state index in [1.807, 2.05) is 6.92 Å². The van der Waals surface area contributed by atoms with Gasteiger partial charge in [0.1, 0.15) is 17.4 Å². The summed E-state index contributed by atoms with van der Waals surface area (Å²) in [6, 6.07) is 10.4. The van der Waals surface area contributed by atoms with E-state index in [9.17, 15) is 8.78 Å². The lowest BCUT2D eigenvalue weighted by molar-refractivity contribution is 0.396. The second-order valence-corrected chi connectivity index (χ2v) is 4.79. The van der Waals surface area contributed by atoms with Crippen LogP contribution in [-0.2, 0) is 0 Å².